The fourth-order valence-corrected chi connectivity index (χ4v) is 4.21. The van der Waals surface area contributed by atoms with Crippen LogP contribution in [0.4, 0.5) is 0 Å². The predicted octanol–water partition coefficient (Wildman–Crippen LogP) is 6.67. The molecular weight excluding hydrogens is 468 g/mol. The molecule has 0 radical (unpaired) electrons. The number of rotatable bonds is 13. The van der Waals surface area contributed by atoms with E-state index in [4.69, 9.17) is 18.9 Å². The van der Waals surface area contributed by atoms with Crippen LogP contribution in [0, 0.1) is 0 Å². The van der Waals surface area contributed by atoms with Crippen LogP contribution in [-0.4, -0.2) is 44.1 Å². The molecule has 0 saturated carbocycles. The van der Waals surface area contributed by atoms with Gasteiger partial charge in [0.05, 0.1) is 14.2 Å². The van der Waals surface area contributed by atoms with E-state index in [1.54, 1.807) is 14.2 Å². The Morgan fingerprint density at radius 3 is 2.16 bits per heavy atom. The third kappa shape index (κ3) is 6.92. The van der Waals surface area contributed by atoms with Crippen LogP contribution in [0.3, 0.4) is 0 Å². The molecule has 196 valence electrons. The highest BCUT2D eigenvalue weighted by atomic mass is 16.5. The van der Waals surface area contributed by atoms with Gasteiger partial charge in [0, 0.05) is 18.6 Å². The van der Waals surface area contributed by atoms with Crippen molar-refractivity contribution in [3.63, 3.8) is 0 Å². The number of carbonyl (C=O) groups is 1. The first kappa shape index (κ1) is 27.8. The van der Waals surface area contributed by atoms with E-state index in [0.29, 0.717) is 26.1 Å². The second-order valence-corrected chi connectivity index (χ2v) is 8.75. The molecular formula is C31H36O6. The zero-order valence-electron chi connectivity index (χ0n) is 22.2. The number of hydrogen-bond acceptors (Lipinski definition) is 5. The van der Waals surface area contributed by atoms with Gasteiger partial charge in [-0.15, -0.1) is 0 Å². The second kappa shape index (κ2) is 13.0. The zero-order valence-corrected chi connectivity index (χ0v) is 22.2. The van der Waals surface area contributed by atoms with Gasteiger partial charge in [0.25, 0.3) is 0 Å². The standard InChI is InChI=1S/C31H36O6/c1-6-31(30(32)33,37-7-2)21-23-8-14-26(15-9-23)36-19-18-22(3)24-10-12-25(13-11-24)28-20-27(34-4)16-17-29(28)35-5/h8-18,20H,6-7,19,21H2,1-5H3,(H,32,33)/t31-/m0/s1. The fourth-order valence-electron chi connectivity index (χ4n) is 4.21. The van der Waals surface area contributed by atoms with Gasteiger partial charge in [0.1, 0.15) is 23.9 Å². The van der Waals surface area contributed by atoms with E-state index in [2.05, 4.69) is 31.2 Å². The molecule has 0 heterocycles. The summed E-state index contributed by atoms with van der Waals surface area (Å²) >= 11 is 0. The highest BCUT2D eigenvalue weighted by Gasteiger charge is 2.37. The zero-order chi connectivity index (χ0) is 26.8. The summed E-state index contributed by atoms with van der Waals surface area (Å²) in [5, 5.41) is 9.68. The van der Waals surface area contributed by atoms with Gasteiger partial charge >= 0.3 is 5.97 Å². The number of methoxy groups -OCH3 is 2. The highest BCUT2D eigenvalue weighted by Crippen LogP contribution is 2.34. The lowest BCUT2D eigenvalue weighted by molar-refractivity contribution is -0.166. The molecule has 0 unspecified atom stereocenters. The number of carboxylic acid groups (broad SMARTS) is 1. The number of benzene rings is 3. The van der Waals surface area contributed by atoms with Crippen LogP contribution in [0.15, 0.2) is 72.8 Å². The Labute approximate surface area is 219 Å². The van der Waals surface area contributed by atoms with Crippen LogP contribution in [-0.2, 0) is 16.0 Å². The van der Waals surface area contributed by atoms with Crippen LogP contribution < -0.4 is 14.2 Å². The van der Waals surface area contributed by atoms with Crippen molar-refractivity contribution in [2.75, 3.05) is 27.4 Å². The van der Waals surface area contributed by atoms with E-state index in [0.717, 1.165) is 45.1 Å². The average molecular weight is 505 g/mol. The monoisotopic (exact) mass is 504 g/mol. The lowest BCUT2D eigenvalue weighted by Gasteiger charge is -2.28. The molecule has 0 aliphatic carbocycles. The first-order valence-electron chi connectivity index (χ1n) is 12.4. The van der Waals surface area contributed by atoms with Crippen molar-refractivity contribution >= 4 is 11.5 Å². The van der Waals surface area contributed by atoms with Crippen LogP contribution in [0.5, 0.6) is 17.2 Å². The van der Waals surface area contributed by atoms with Gasteiger partial charge in [0.15, 0.2) is 5.60 Å². The minimum absolute atomic E-state index is 0.309. The van der Waals surface area contributed by atoms with Crippen LogP contribution >= 0.6 is 0 Å². The quantitative estimate of drug-likeness (QED) is 0.280. The molecule has 0 saturated heterocycles. The Morgan fingerprint density at radius 1 is 0.919 bits per heavy atom. The molecule has 0 spiro atoms. The Kier molecular flexibility index (Phi) is 9.75. The van der Waals surface area contributed by atoms with Crippen molar-refractivity contribution in [1.29, 1.82) is 0 Å². The third-order valence-corrected chi connectivity index (χ3v) is 6.49. The summed E-state index contributed by atoms with van der Waals surface area (Å²) in [6.45, 7) is 6.47. The summed E-state index contributed by atoms with van der Waals surface area (Å²) in [6, 6.07) is 21.6. The Balaban J connectivity index is 1.63. The van der Waals surface area contributed by atoms with E-state index < -0.39 is 11.6 Å². The average Bonchev–Trinajstić information content (AvgIpc) is 2.93. The molecule has 0 amide bonds. The summed E-state index contributed by atoms with van der Waals surface area (Å²) in [7, 11) is 3.31. The van der Waals surface area contributed by atoms with Crippen molar-refractivity contribution in [3.8, 4) is 28.4 Å². The normalized spacial score (nSPS) is 13.1. The largest absolute Gasteiger partial charge is 0.497 e. The van der Waals surface area contributed by atoms with Crippen molar-refractivity contribution in [2.45, 2.75) is 39.2 Å². The summed E-state index contributed by atoms with van der Waals surface area (Å²) < 4.78 is 22.4. The molecule has 6 heteroatoms. The molecule has 6 nitrogen and oxygen atoms in total. The van der Waals surface area contributed by atoms with Crippen LogP contribution in [0.1, 0.15) is 38.3 Å². The minimum atomic E-state index is -1.20. The summed E-state index contributed by atoms with van der Waals surface area (Å²) in [5.74, 6) is 1.36. The lowest BCUT2D eigenvalue weighted by Crippen LogP contribution is -2.43. The van der Waals surface area contributed by atoms with Crippen LogP contribution in [0.25, 0.3) is 16.7 Å². The van der Waals surface area contributed by atoms with Crippen molar-refractivity contribution in [1.82, 2.24) is 0 Å². The molecule has 3 aromatic rings. The molecule has 3 aromatic carbocycles. The summed E-state index contributed by atoms with van der Waals surface area (Å²) in [5.41, 5.74) is 3.91. The first-order valence-corrected chi connectivity index (χ1v) is 12.4. The maximum absolute atomic E-state index is 11.8. The minimum Gasteiger partial charge on any atom is -0.497 e. The number of ether oxygens (including phenoxy) is 4. The highest BCUT2D eigenvalue weighted by molar-refractivity contribution is 5.78. The first-order chi connectivity index (χ1) is 17.9. The third-order valence-electron chi connectivity index (χ3n) is 6.49. The van der Waals surface area contributed by atoms with Gasteiger partial charge in [-0.3, -0.25) is 0 Å². The lowest BCUT2D eigenvalue weighted by atomic mass is 9.91. The van der Waals surface area contributed by atoms with Crippen molar-refractivity contribution in [3.05, 3.63) is 83.9 Å². The van der Waals surface area contributed by atoms with E-state index in [1.165, 1.54) is 0 Å². The van der Waals surface area contributed by atoms with E-state index >= 15 is 0 Å². The smallest absolute Gasteiger partial charge is 0.336 e. The van der Waals surface area contributed by atoms with Crippen LogP contribution in [0.2, 0.25) is 0 Å². The molecule has 1 N–H and O–H groups in total. The second-order valence-electron chi connectivity index (χ2n) is 8.75. The van der Waals surface area contributed by atoms with Crippen molar-refractivity contribution < 1.29 is 28.8 Å². The van der Waals surface area contributed by atoms with E-state index in [9.17, 15) is 9.90 Å². The molecule has 0 aromatic heterocycles. The fraction of sp³-hybridized carbons (Fsp3) is 0.323. The Bertz CT molecular complexity index is 1200. The molecule has 0 aliphatic heterocycles. The van der Waals surface area contributed by atoms with Gasteiger partial charge in [-0.05, 0) is 78.9 Å². The topological polar surface area (TPSA) is 74.2 Å². The maximum Gasteiger partial charge on any atom is 0.336 e. The number of carboxylic acids is 1. The Hall–Kier alpha value is -3.77. The summed E-state index contributed by atoms with van der Waals surface area (Å²) in [6.07, 6.45) is 2.74. The van der Waals surface area contributed by atoms with E-state index in [1.807, 2.05) is 62.4 Å². The van der Waals surface area contributed by atoms with E-state index in [-0.39, 0.29) is 0 Å². The number of hydrogen-bond donors (Lipinski definition) is 1. The van der Waals surface area contributed by atoms with Gasteiger partial charge in [0.2, 0.25) is 0 Å². The maximum atomic E-state index is 11.8. The van der Waals surface area contributed by atoms with Gasteiger partial charge in [-0.2, -0.15) is 0 Å². The molecule has 37 heavy (non-hydrogen) atoms. The van der Waals surface area contributed by atoms with Crippen molar-refractivity contribution in [2.24, 2.45) is 0 Å². The molecule has 0 bridgehead atoms. The molecule has 1 atom stereocenters. The van der Waals surface area contributed by atoms with Gasteiger partial charge in [-0.1, -0.05) is 43.3 Å². The van der Waals surface area contributed by atoms with Gasteiger partial charge in [-0.25, -0.2) is 4.79 Å². The Morgan fingerprint density at radius 2 is 1.59 bits per heavy atom. The molecule has 0 aliphatic rings. The molecule has 3 rings (SSSR count). The molecule has 0 fully saturated rings. The van der Waals surface area contributed by atoms with Gasteiger partial charge < -0.3 is 24.1 Å². The number of aliphatic carboxylic acids is 1. The SMILES string of the molecule is CCO[C@@](CC)(Cc1ccc(OCC=C(C)c2ccc(-c3cc(OC)ccc3OC)cc2)cc1)C(=O)O. The number of allylic oxidation sites excluding steroid dienone is 1. The predicted molar refractivity (Wildman–Crippen MR) is 147 cm³/mol. The summed E-state index contributed by atoms with van der Waals surface area (Å²) in [4.78, 5) is 11.8.